The third-order valence-corrected chi connectivity index (χ3v) is 6.52. The van der Waals surface area contributed by atoms with Crippen LogP contribution in [0.4, 0.5) is 0 Å². The molecule has 35 heavy (non-hydrogen) atoms. The summed E-state index contributed by atoms with van der Waals surface area (Å²) in [4.78, 5) is 26.8. The summed E-state index contributed by atoms with van der Waals surface area (Å²) in [5.41, 5.74) is 3.25. The molecule has 1 aliphatic carbocycles. The van der Waals surface area contributed by atoms with Crippen molar-refractivity contribution in [3.63, 3.8) is 0 Å². The van der Waals surface area contributed by atoms with Gasteiger partial charge < -0.3 is 24.3 Å². The van der Waals surface area contributed by atoms with Gasteiger partial charge in [-0.2, -0.15) is 0 Å². The maximum Gasteiger partial charge on any atom is 0.336 e. The fourth-order valence-corrected chi connectivity index (χ4v) is 5.02. The number of benzene rings is 2. The molecule has 0 bridgehead atoms. The quantitative estimate of drug-likeness (QED) is 0.481. The molecule has 182 valence electrons. The summed E-state index contributed by atoms with van der Waals surface area (Å²) in [6, 6.07) is 14.9. The molecule has 0 radical (unpaired) electrons. The van der Waals surface area contributed by atoms with E-state index in [2.05, 4.69) is 19.2 Å². The van der Waals surface area contributed by atoms with Crippen LogP contribution in [0.1, 0.15) is 45.1 Å². The Morgan fingerprint density at radius 3 is 2.63 bits per heavy atom. The first kappa shape index (κ1) is 23.0. The highest BCUT2D eigenvalue weighted by Crippen LogP contribution is 2.48. The molecular weight excluding hydrogens is 446 g/mol. The highest BCUT2D eigenvalue weighted by Gasteiger charge is 2.43. The molecule has 3 aliphatic rings. The number of rotatable bonds is 6. The van der Waals surface area contributed by atoms with Crippen LogP contribution in [0.5, 0.6) is 17.2 Å². The van der Waals surface area contributed by atoms with Gasteiger partial charge in [0.05, 0.1) is 5.57 Å². The molecule has 7 heteroatoms. The van der Waals surface area contributed by atoms with E-state index < -0.39 is 11.9 Å². The van der Waals surface area contributed by atoms with Gasteiger partial charge >= 0.3 is 5.97 Å². The van der Waals surface area contributed by atoms with E-state index in [-0.39, 0.29) is 31.2 Å². The molecule has 1 atom stereocenters. The van der Waals surface area contributed by atoms with E-state index in [1.165, 1.54) is 0 Å². The van der Waals surface area contributed by atoms with Crippen LogP contribution >= 0.6 is 0 Å². The largest absolute Gasteiger partial charge is 0.490 e. The van der Waals surface area contributed by atoms with E-state index in [1.807, 2.05) is 55.5 Å². The molecule has 0 aromatic heterocycles. The number of carbonyl (C=O) groups is 2. The van der Waals surface area contributed by atoms with Gasteiger partial charge in [-0.05, 0) is 48.6 Å². The van der Waals surface area contributed by atoms with Crippen molar-refractivity contribution in [1.29, 1.82) is 0 Å². The Morgan fingerprint density at radius 2 is 1.83 bits per heavy atom. The molecular formula is C28H29NO6. The molecule has 0 saturated carbocycles. The first-order valence-electron chi connectivity index (χ1n) is 11.8. The van der Waals surface area contributed by atoms with Crippen molar-refractivity contribution in [3.8, 4) is 17.2 Å². The first-order chi connectivity index (χ1) is 16.8. The van der Waals surface area contributed by atoms with Crippen LogP contribution in [0.3, 0.4) is 0 Å². The van der Waals surface area contributed by atoms with Gasteiger partial charge in [0.15, 0.2) is 17.3 Å². The lowest BCUT2D eigenvalue weighted by Crippen LogP contribution is -2.38. The standard InChI is InChI=1S/C28H29NO6/c1-17-24(27(31)33-12-11-32-19-7-5-4-6-8-19)25(18-9-10-22-23(13-18)35-16-34-22)26-20(29-17)14-28(2,3)15-21(26)30/h4-10,13,25,29H,11-12,14-16H2,1-3H3/t25-/m0/s1. The SMILES string of the molecule is CC1=C(C(=O)OCCOc2ccccc2)[C@H](c2ccc3c(c2)OCO3)C2=C(CC(C)(C)CC2=O)N1. The number of carbonyl (C=O) groups excluding carboxylic acids is 2. The smallest absolute Gasteiger partial charge is 0.336 e. The lowest BCUT2D eigenvalue weighted by molar-refractivity contribution is -0.140. The molecule has 1 N–H and O–H groups in total. The third kappa shape index (κ3) is 4.63. The van der Waals surface area contributed by atoms with Gasteiger partial charge in [0.1, 0.15) is 19.0 Å². The molecule has 2 heterocycles. The molecule has 2 aliphatic heterocycles. The monoisotopic (exact) mass is 475 g/mol. The Balaban J connectivity index is 1.43. The van der Waals surface area contributed by atoms with E-state index in [0.29, 0.717) is 40.5 Å². The predicted octanol–water partition coefficient (Wildman–Crippen LogP) is 4.64. The van der Waals surface area contributed by atoms with Crippen LogP contribution in [0.2, 0.25) is 0 Å². The first-order valence-corrected chi connectivity index (χ1v) is 11.8. The second-order valence-electron chi connectivity index (χ2n) is 9.84. The zero-order valence-corrected chi connectivity index (χ0v) is 20.2. The van der Waals surface area contributed by atoms with Gasteiger partial charge in [0.25, 0.3) is 0 Å². The van der Waals surface area contributed by atoms with Crippen molar-refractivity contribution in [1.82, 2.24) is 5.32 Å². The number of para-hydroxylation sites is 1. The number of nitrogens with one attached hydrogen (secondary N) is 1. The molecule has 0 saturated heterocycles. The van der Waals surface area contributed by atoms with E-state index >= 15 is 0 Å². The molecule has 2 aromatic carbocycles. The Labute approximate surface area is 204 Å². The summed E-state index contributed by atoms with van der Waals surface area (Å²) < 4.78 is 22.3. The molecule has 0 amide bonds. The summed E-state index contributed by atoms with van der Waals surface area (Å²) in [5.74, 6) is 0.980. The molecule has 5 rings (SSSR count). The Bertz CT molecular complexity index is 1230. The number of esters is 1. The summed E-state index contributed by atoms with van der Waals surface area (Å²) in [6.45, 7) is 6.49. The number of dihydropyridines is 1. The number of ether oxygens (including phenoxy) is 4. The van der Waals surface area contributed by atoms with E-state index in [4.69, 9.17) is 18.9 Å². The van der Waals surface area contributed by atoms with Crippen molar-refractivity contribution in [2.75, 3.05) is 20.0 Å². The summed E-state index contributed by atoms with van der Waals surface area (Å²) >= 11 is 0. The number of ketones is 1. The van der Waals surface area contributed by atoms with Crippen LogP contribution < -0.4 is 19.5 Å². The molecule has 0 fully saturated rings. The number of hydrogen-bond donors (Lipinski definition) is 1. The fourth-order valence-electron chi connectivity index (χ4n) is 5.02. The molecule has 2 aromatic rings. The molecule has 0 spiro atoms. The average Bonchev–Trinajstić information content (AvgIpc) is 3.28. The van der Waals surface area contributed by atoms with Crippen molar-refractivity contribution < 1.29 is 28.5 Å². The Morgan fingerprint density at radius 1 is 1.06 bits per heavy atom. The van der Waals surface area contributed by atoms with E-state index in [9.17, 15) is 9.59 Å². The van der Waals surface area contributed by atoms with Crippen LogP contribution in [0, 0.1) is 5.41 Å². The highest BCUT2D eigenvalue weighted by molar-refractivity contribution is 6.04. The van der Waals surface area contributed by atoms with E-state index in [1.54, 1.807) is 0 Å². The van der Waals surface area contributed by atoms with Crippen LogP contribution in [0.15, 0.2) is 71.1 Å². The van der Waals surface area contributed by atoms with Crippen LogP contribution in [-0.4, -0.2) is 31.8 Å². The zero-order chi connectivity index (χ0) is 24.6. The second kappa shape index (κ2) is 9.13. The van der Waals surface area contributed by atoms with Crippen LogP contribution in [0.25, 0.3) is 0 Å². The second-order valence-corrected chi connectivity index (χ2v) is 9.84. The maximum absolute atomic E-state index is 13.4. The van der Waals surface area contributed by atoms with Gasteiger partial charge in [-0.1, -0.05) is 38.1 Å². The minimum absolute atomic E-state index is 0.0385. The Hall–Kier alpha value is -3.74. The summed E-state index contributed by atoms with van der Waals surface area (Å²) in [6.07, 6.45) is 1.14. The fraction of sp³-hybridized carbons (Fsp3) is 0.357. The maximum atomic E-state index is 13.4. The predicted molar refractivity (Wildman–Crippen MR) is 129 cm³/mol. The van der Waals surface area contributed by atoms with Gasteiger partial charge in [-0.25, -0.2) is 4.79 Å². The highest BCUT2D eigenvalue weighted by atomic mass is 16.7. The van der Waals surface area contributed by atoms with Gasteiger partial charge in [-0.15, -0.1) is 0 Å². The van der Waals surface area contributed by atoms with Gasteiger partial charge in [-0.3, -0.25) is 4.79 Å². The van der Waals surface area contributed by atoms with E-state index in [0.717, 1.165) is 17.7 Å². The summed E-state index contributed by atoms with van der Waals surface area (Å²) in [7, 11) is 0. The number of allylic oxidation sites excluding steroid dienone is 3. The van der Waals surface area contributed by atoms with Crippen molar-refractivity contribution in [2.45, 2.75) is 39.5 Å². The average molecular weight is 476 g/mol. The van der Waals surface area contributed by atoms with Crippen molar-refractivity contribution in [2.24, 2.45) is 5.41 Å². The summed E-state index contributed by atoms with van der Waals surface area (Å²) in [5, 5.41) is 3.35. The van der Waals surface area contributed by atoms with Crippen molar-refractivity contribution in [3.05, 3.63) is 76.6 Å². The lowest BCUT2D eigenvalue weighted by atomic mass is 9.68. The normalized spacial score (nSPS) is 20.3. The minimum atomic E-state index is -0.549. The van der Waals surface area contributed by atoms with Gasteiger partial charge in [0.2, 0.25) is 6.79 Å². The lowest BCUT2D eigenvalue weighted by Gasteiger charge is -2.39. The third-order valence-electron chi connectivity index (χ3n) is 6.52. The number of hydrogen-bond acceptors (Lipinski definition) is 7. The molecule has 7 nitrogen and oxygen atoms in total. The van der Waals surface area contributed by atoms with Gasteiger partial charge in [0, 0.05) is 29.3 Å². The Kier molecular flexibility index (Phi) is 6.01. The number of fused-ring (bicyclic) bond motifs is 1. The molecule has 0 unspecified atom stereocenters. The van der Waals surface area contributed by atoms with Crippen LogP contribution in [-0.2, 0) is 14.3 Å². The number of Topliss-reactive ketones (excluding diaryl/α,β-unsaturated/α-hetero) is 1. The van der Waals surface area contributed by atoms with Crippen molar-refractivity contribution >= 4 is 11.8 Å². The zero-order valence-electron chi connectivity index (χ0n) is 20.2. The minimum Gasteiger partial charge on any atom is -0.490 e. The topological polar surface area (TPSA) is 83.1 Å².